The fraction of sp³-hybridized carbons (Fsp3) is 0.292. The number of benzene rings is 2. The Kier molecular flexibility index (Phi) is 4.94. The van der Waals surface area contributed by atoms with E-state index in [9.17, 15) is 9.59 Å². The molecule has 2 aromatic carbocycles. The smallest absolute Gasteiger partial charge is 0.328 e. The monoisotopic (exact) mass is 431 g/mol. The van der Waals surface area contributed by atoms with Gasteiger partial charge in [0.05, 0.1) is 24.5 Å². The molecule has 8 nitrogen and oxygen atoms in total. The van der Waals surface area contributed by atoms with E-state index in [1.54, 1.807) is 19.1 Å². The zero-order valence-corrected chi connectivity index (χ0v) is 18.3. The summed E-state index contributed by atoms with van der Waals surface area (Å²) in [4.78, 5) is 37.9. The summed E-state index contributed by atoms with van der Waals surface area (Å²) in [6, 6.07) is 17.2. The molecule has 1 fully saturated rings. The molecule has 3 aliphatic heterocycles. The summed E-state index contributed by atoms with van der Waals surface area (Å²) >= 11 is 0. The molecule has 2 unspecified atom stereocenters. The van der Waals surface area contributed by atoms with E-state index in [1.165, 1.54) is 4.90 Å². The van der Waals surface area contributed by atoms with Gasteiger partial charge in [0.1, 0.15) is 0 Å². The standard InChI is InChI=1S/C24H25N5O3/c1-16-9-7-8-12-18(16)29-19(17-10-5-4-6-11-17)15-28-20-21(25-23(28)29)26(2)24(31)27(22(20)30)13-14-32-3/h4-12,15,20-21H,13-14H2,1-3H3. The molecule has 0 radical (unpaired) electrons. The average Bonchev–Trinajstić information content (AvgIpc) is 3.35. The van der Waals surface area contributed by atoms with E-state index in [2.05, 4.69) is 17.9 Å². The Labute approximate surface area is 187 Å². The third-order valence-corrected chi connectivity index (χ3v) is 6.16. The normalized spacial score (nSPS) is 22.2. The number of rotatable bonds is 5. The summed E-state index contributed by atoms with van der Waals surface area (Å²) in [6.07, 6.45) is 1.39. The second-order valence-corrected chi connectivity index (χ2v) is 8.07. The number of hydrogen-bond acceptors (Lipinski definition) is 6. The topological polar surface area (TPSA) is 68.7 Å². The van der Waals surface area contributed by atoms with Crippen LogP contribution in [0.25, 0.3) is 5.70 Å². The lowest BCUT2D eigenvalue weighted by Gasteiger charge is -2.40. The van der Waals surface area contributed by atoms with Crippen molar-refractivity contribution in [3.63, 3.8) is 0 Å². The van der Waals surface area contributed by atoms with Crippen LogP contribution in [0.2, 0.25) is 0 Å². The van der Waals surface area contributed by atoms with E-state index >= 15 is 0 Å². The molecule has 32 heavy (non-hydrogen) atoms. The fourth-order valence-corrected chi connectivity index (χ4v) is 4.49. The number of methoxy groups -OCH3 is 1. The van der Waals surface area contributed by atoms with Gasteiger partial charge >= 0.3 is 6.03 Å². The molecular formula is C24H25N5O3. The van der Waals surface area contributed by atoms with Crippen LogP contribution in [0.1, 0.15) is 11.1 Å². The maximum absolute atomic E-state index is 13.4. The van der Waals surface area contributed by atoms with Crippen molar-refractivity contribution in [3.8, 4) is 0 Å². The highest BCUT2D eigenvalue weighted by Gasteiger charge is 2.54. The van der Waals surface area contributed by atoms with Crippen LogP contribution in [-0.2, 0) is 9.53 Å². The number of carbonyl (C=O) groups excluding carboxylic acids is 2. The van der Waals surface area contributed by atoms with Crippen LogP contribution in [0.3, 0.4) is 0 Å². The van der Waals surface area contributed by atoms with Crippen molar-refractivity contribution in [1.29, 1.82) is 0 Å². The van der Waals surface area contributed by atoms with Gasteiger partial charge in [0.2, 0.25) is 5.96 Å². The Hall–Kier alpha value is -3.65. The van der Waals surface area contributed by atoms with E-state index in [0.29, 0.717) is 5.96 Å². The number of para-hydroxylation sites is 1. The molecule has 0 aromatic heterocycles. The average molecular weight is 431 g/mol. The molecule has 3 heterocycles. The first kappa shape index (κ1) is 20.3. The highest BCUT2D eigenvalue weighted by Crippen LogP contribution is 2.40. The SMILES string of the molecule is COCCN1C(=O)C2C(N=C3N(c4ccccc4C)C(c4ccccc4)=CN32)N(C)C1=O. The summed E-state index contributed by atoms with van der Waals surface area (Å²) in [7, 11) is 3.25. The maximum Gasteiger partial charge on any atom is 0.328 e. The van der Waals surface area contributed by atoms with Crippen molar-refractivity contribution in [2.45, 2.75) is 19.1 Å². The third kappa shape index (κ3) is 2.98. The van der Waals surface area contributed by atoms with Crippen molar-refractivity contribution in [2.75, 3.05) is 32.2 Å². The fourth-order valence-electron chi connectivity index (χ4n) is 4.49. The molecule has 1 saturated heterocycles. The van der Waals surface area contributed by atoms with Gasteiger partial charge in [0.15, 0.2) is 12.2 Å². The Morgan fingerprint density at radius 1 is 1.03 bits per heavy atom. The molecule has 0 bridgehead atoms. The highest BCUT2D eigenvalue weighted by molar-refractivity contribution is 6.16. The summed E-state index contributed by atoms with van der Waals surface area (Å²) in [5.74, 6) is 0.388. The maximum atomic E-state index is 13.4. The van der Waals surface area contributed by atoms with Gasteiger partial charge in [-0.1, -0.05) is 48.5 Å². The van der Waals surface area contributed by atoms with Crippen LogP contribution >= 0.6 is 0 Å². The molecule has 3 aliphatic rings. The Morgan fingerprint density at radius 2 is 1.75 bits per heavy atom. The number of ether oxygens (including phenoxy) is 1. The molecular weight excluding hydrogens is 406 g/mol. The largest absolute Gasteiger partial charge is 0.383 e. The van der Waals surface area contributed by atoms with Crippen LogP contribution in [0.15, 0.2) is 65.8 Å². The summed E-state index contributed by atoms with van der Waals surface area (Å²) in [5.41, 5.74) is 4.03. The molecule has 0 spiro atoms. The van der Waals surface area contributed by atoms with E-state index in [1.807, 2.05) is 59.6 Å². The number of amides is 3. The number of fused-ring (bicyclic) bond motifs is 3. The van der Waals surface area contributed by atoms with E-state index in [-0.39, 0.29) is 25.1 Å². The molecule has 3 amide bonds. The van der Waals surface area contributed by atoms with Gasteiger partial charge in [-0.2, -0.15) is 0 Å². The Balaban J connectivity index is 1.61. The van der Waals surface area contributed by atoms with Gasteiger partial charge in [-0.05, 0) is 18.6 Å². The lowest BCUT2D eigenvalue weighted by Crippen LogP contribution is -2.64. The predicted octanol–water partition coefficient (Wildman–Crippen LogP) is 2.72. The van der Waals surface area contributed by atoms with E-state index in [0.717, 1.165) is 22.5 Å². The molecule has 2 aromatic rings. The third-order valence-electron chi connectivity index (χ3n) is 6.16. The minimum Gasteiger partial charge on any atom is -0.383 e. The predicted molar refractivity (Wildman–Crippen MR) is 122 cm³/mol. The molecule has 2 atom stereocenters. The van der Waals surface area contributed by atoms with E-state index in [4.69, 9.17) is 9.73 Å². The van der Waals surface area contributed by atoms with Gasteiger partial charge < -0.3 is 9.64 Å². The van der Waals surface area contributed by atoms with Crippen LogP contribution in [0.4, 0.5) is 10.5 Å². The molecule has 8 heteroatoms. The Bertz CT molecular complexity index is 1130. The lowest BCUT2D eigenvalue weighted by molar-refractivity contribution is -0.137. The number of anilines is 1. The van der Waals surface area contributed by atoms with Crippen LogP contribution in [0, 0.1) is 6.92 Å². The number of nitrogens with zero attached hydrogens (tertiary/aromatic N) is 5. The van der Waals surface area contributed by atoms with Crippen molar-refractivity contribution in [2.24, 2.45) is 4.99 Å². The molecule has 0 aliphatic carbocycles. The quantitative estimate of drug-likeness (QED) is 0.728. The van der Waals surface area contributed by atoms with Crippen molar-refractivity contribution in [1.82, 2.24) is 14.7 Å². The number of guanidine groups is 1. The minimum atomic E-state index is -0.614. The number of hydrogen-bond donors (Lipinski definition) is 0. The van der Waals surface area contributed by atoms with Crippen molar-refractivity contribution in [3.05, 3.63) is 71.9 Å². The van der Waals surface area contributed by atoms with Gasteiger partial charge in [-0.15, -0.1) is 0 Å². The molecule has 0 N–H and O–H groups in total. The van der Waals surface area contributed by atoms with Gasteiger partial charge in [0, 0.05) is 25.9 Å². The van der Waals surface area contributed by atoms with E-state index < -0.39 is 12.2 Å². The summed E-state index contributed by atoms with van der Waals surface area (Å²) in [5, 5.41) is 0. The molecule has 5 rings (SSSR count). The molecule has 0 saturated carbocycles. The first-order valence-electron chi connectivity index (χ1n) is 10.6. The lowest BCUT2D eigenvalue weighted by atomic mass is 10.1. The minimum absolute atomic E-state index is 0.210. The number of aliphatic imine (C=N–C) groups is 1. The second-order valence-electron chi connectivity index (χ2n) is 8.07. The van der Waals surface area contributed by atoms with Gasteiger partial charge in [-0.25, -0.2) is 9.79 Å². The summed E-state index contributed by atoms with van der Waals surface area (Å²) in [6.45, 7) is 2.55. The first-order chi connectivity index (χ1) is 15.5. The van der Waals surface area contributed by atoms with Crippen molar-refractivity contribution >= 4 is 29.3 Å². The number of carbonyl (C=O) groups is 2. The zero-order valence-electron chi connectivity index (χ0n) is 18.3. The first-order valence-corrected chi connectivity index (χ1v) is 10.6. The number of urea groups is 1. The second kappa shape index (κ2) is 7.80. The molecule has 164 valence electrons. The van der Waals surface area contributed by atoms with Crippen LogP contribution < -0.4 is 4.90 Å². The number of likely N-dealkylation sites (N-methyl/N-ethyl adjacent to an activating group) is 1. The van der Waals surface area contributed by atoms with Crippen LogP contribution in [0.5, 0.6) is 0 Å². The number of aryl methyl sites for hydroxylation is 1. The highest BCUT2D eigenvalue weighted by atomic mass is 16.5. The summed E-state index contributed by atoms with van der Waals surface area (Å²) < 4.78 is 5.11. The van der Waals surface area contributed by atoms with Crippen molar-refractivity contribution < 1.29 is 14.3 Å². The van der Waals surface area contributed by atoms with Gasteiger partial charge in [-0.3, -0.25) is 19.5 Å². The zero-order chi connectivity index (χ0) is 22.4. The van der Waals surface area contributed by atoms with Crippen LogP contribution in [-0.4, -0.2) is 72.1 Å². The Morgan fingerprint density at radius 3 is 2.47 bits per heavy atom. The number of imide groups is 1. The van der Waals surface area contributed by atoms with Gasteiger partial charge in [0.25, 0.3) is 5.91 Å².